The molecule has 1 N–H and O–H groups in total. The van der Waals surface area contributed by atoms with Gasteiger partial charge in [0.05, 0.1) is 11.9 Å². The minimum absolute atomic E-state index is 0.00946. The van der Waals surface area contributed by atoms with Crippen LogP contribution in [0.3, 0.4) is 0 Å². The Bertz CT molecular complexity index is 710. The molecule has 0 saturated heterocycles. The number of nitrogens with one attached hydrogen (secondary N) is 1. The molecule has 0 saturated carbocycles. The van der Waals surface area contributed by atoms with E-state index in [1.807, 2.05) is 30.3 Å². The van der Waals surface area contributed by atoms with E-state index in [1.165, 1.54) is 18.3 Å². The van der Waals surface area contributed by atoms with Crippen molar-refractivity contribution in [2.75, 3.05) is 11.6 Å². The Hall–Kier alpha value is -2.21. The van der Waals surface area contributed by atoms with Gasteiger partial charge >= 0.3 is 0 Å². The molecule has 1 aromatic heterocycles. The molecule has 0 unspecified atom stereocenters. The summed E-state index contributed by atoms with van der Waals surface area (Å²) in [6.07, 6.45) is 3.45. The van der Waals surface area contributed by atoms with Gasteiger partial charge in [0, 0.05) is 12.7 Å². The summed E-state index contributed by atoms with van der Waals surface area (Å²) in [6.45, 7) is 0. The number of carbonyl (C=O) groups is 1. The van der Waals surface area contributed by atoms with E-state index in [0.29, 0.717) is 18.5 Å². The first-order valence-electron chi connectivity index (χ1n) is 6.45. The van der Waals surface area contributed by atoms with Gasteiger partial charge in [-0.15, -0.1) is 0 Å². The highest BCUT2D eigenvalue weighted by atomic mass is 32.2. The van der Waals surface area contributed by atoms with Crippen molar-refractivity contribution in [3.8, 4) is 0 Å². The zero-order valence-corrected chi connectivity index (χ0v) is 12.4. The standard InChI is InChI=1S/C15H16N2O3S/c1-21(19,20)15-10-8-13(11-16-15)17-14(18)9-7-12-5-3-2-4-6-12/h2-6,8,10-11H,7,9H2,1H3,(H,17,18). The molecule has 0 bridgehead atoms. The van der Waals surface area contributed by atoms with Gasteiger partial charge in [-0.05, 0) is 24.1 Å². The van der Waals surface area contributed by atoms with Crippen LogP contribution in [0.25, 0.3) is 0 Å². The van der Waals surface area contributed by atoms with Gasteiger partial charge in [0.1, 0.15) is 0 Å². The molecule has 21 heavy (non-hydrogen) atoms. The largest absolute Gasteiger partial charge is 0.325 e. The molecular weight excluding hydrogens is 288 g/mol. The van der Waals surface area contributed by atoms with Crippen LogP contribution in [-0.2, 0) is 21.1 Å². The minimum Gasteiger partial charge on any atom is -0.325 e. The summed E-state index contributed by atoms with van der Waals surface area (Å²) in [5.41, 5.74) is 1.58. The van der Waals surface area contributed by atoms with Crippen LogP contribution in [0.4, 0.5) is 5.69 Å². The first-order chi connectivity index (χ1) is 9.95. The Labute approximate surface area is 124 Å². The molecule has 0 spiro atoms. The molecule has 0 fully saturated rings. The maximum atomic E-state index is 11.8. The van der Waals surface area contributed by atoms with Gasteiger partial charge in [0.25, 0.3) is 0 Å². The average molecular weight is 304 g/mol. The molecule has 1 heterocycles. The number of hydrogen-bond donors (Lipinski definition) is 1. The van der Waals surface area contributed by atoms with E-state index in [4.69, 9.17) is 0 Å². The molecule has 6 heteroatoms. The Balaban J connectivity index is 1.91. The van der Waals surface area contributed by atoms with E-state index in [0.717, 1.165) is 11.8 Å². The molecular formula is C15H16N2O3S. The molecule has 0 atom stereocenters. The Kier molecular flexibility index (Phi) is 4.70. The lowest BCUT2D eigenvalue weighted by Gasteiger charge is -2.05. The molecule has 5 nitrogen and oxygen atoms in total. The number of hydrogen-bond acceptors (Lipinski definition) is 4. The van der Waals surface area contributed by atoms with Gasteiger partial charge in [-0.1, -0.05) is 30.3 Å². The molecule has 0 radical (unpaired) electrons. The molecule has 2 aromatic rings. The predicted molar refractivity (Wildman–Crippen MR) is 80.7 cm³/mol. The number of amides is 1. The topological polar surface area (TPSA) is 76.1 Å². The van der Waals surface area contributed by atoms with Crippen molar-refractivity contribution in [2.45, 2.75) is 17.9 Å². The highest BCUT2D eigenvalue weighted by Gasteiger charge is 2.09. The summed E-state index contributed by atoms with van der Waals surface area (Å²) in [6, 6.07) is 12.6. The summed E-state index contributed by atoms with van der Waals surface area (Å²) >= 11 is 0. The van der Waals surface area contributed by atoms with E-state index < -0.39 is 9.84 Å². The van der Waals surface area contributed by atoms with Crippen LogP contribution in [0.15, 0.2) is 53.7 Å². The summed E-state index contributed by atoms with van der Waals surface area (Å²) in [5, 5.41) is 2.69. The van der Waals surface area contributed by atoms with Gasteiger partial charge in [-0.2, -0.15) is 0 Å². The summed E-state index contributed by atoms with van der Waals surface area (Å²) in [7, 11) is -3.32. The molecule has 1 aromatic carbocycles. The Morgan fingerprint density at radius 1 is 1.14 bits per heavy atom. The first kappa shape index (κ1) is 15.2. The molecule has 0 aliphatic rings. The van der Waals surface area contributed by atoms with Crippen molar-refractivity contribution in [1.82, 2.24) is 4.98 Å². The number of nitrogens with zero attached hydrogens (tertiary/aromatic N) is 1. The molecule has 0 aliphatic carbocycles. The lowest BCUT2D eigenvalue weighted by Crippen LogP contribution is -2.12. The Morgan fingerprint density at radius 3 is 2.43 bits per heavy atom. The fourth-order valence-electron chi connectivity index (χ4n) is 1.80. The van der Waals surface area contributed by atoms with Gasteiger partial charge in [-0.25, -0.2) is 13.4 Å². The number of sulfone groups is 1. The summed E-state index contributed by atoms with van der Waals surface area (Å²) < 4.78 is 22.6. The van der Waals surface area contributed by atoms with Crippen molar-refractivity contribution in [3.63, 3.8) is 0 Å². The minimum atomic E-state index is -3.32. The highest BCUT2D eigenvalue weighted by Crippen LogP contribution is 2.11. The third-order valence-corrected chi connectivity index (χ3v) is 3.88. The molecule has 2 rings (SSSR count). The van der Waals surface area contributed by atoms with Crippen LogP contribution in [0, 0.1) is 0 Å². The zero-order chi connectivity index (χ0) is 15.3. The normalized spacial score (nSPS) is 11.1. The second-order valence-corrected chi connectivity index (χ2v) is 6.65. The van der Waals surface area contributed by atoms with E-state index >= 15 is 0 Å². The number of pyridine rings is 1. The molecule has 1 amide bonds. The third kappa shape index (κ3) is 4.68. The van der Waals surface area contributed by atoms with Gasteiger partial charge < -0.3 is 5.32 Å². The van der Waals surface area contributed by atoms with Crippen molar-refractivity contribution in [1.29, 1.82) is 0 Å². The van der Waals surface area contributed by atoms with Crippen molar-refractivity contribution in [2.24, 2.45) is 0 Å². The van der Waals surface area contributed by atoms with E-state index in [1.54, 1.807) is 0 Å². The van der Waals surface area contributed by atoms with Crippen LogP contribution in [-0.4, -0.2) is 25.6 Å². The van der Waals surface area contributed by atoms with Gasteiger partial charge in [0.2, 0.25) is 5.91 Å². The maximum Gasteiger partial charge on any atom is 0.224 e. The van der Waals surface area contributed by atoms with Crippen molar-refractivity contribution >= 4 is 21.4 Å². The third-order valence-electron chi connectivity index (χ3n) is 2.88. The smallest absolute Gasteiger partial charge is 0.224 e. The highest BCUT2D eigenvalue weighted by molar-refractivity contribution is 7.90. The zero-order valence-electron chi connectivity index (χ0n) is 11.6. The van der Waals surface area contributed by atoms with E-state index in [-0.39, 0.29) is 10.9 Å². The van der Waals surface area contributed by atoms with Crippen LogP contribution < -0.4 is 5.32 Å². The lowest BCUT2D eigenvalue weighted by molar-refractivity contribution is -0.116. The van der Waals surface area contributed by atoms with Crippen molar-refractivity contribution in [3.05, 3.63) is 54.2 Å². The van der Waals surface area contributed by atoms with Crippen LogP contribution in [0.2, 0.25) is 0 Å². The number of aromatic nitrogens is 1. The van der Waals surface area contributed by atoms with Crippen LogP contribution in [0.1, 0.15) is 12.0 Å². The number of benzene rings is 1. The van der Waals surface area contributed by atoms with Crippen molar-refractivity contribution < 1.29 is 13.2 Å². The monoisotopic (exact) mass is 304 g/mol. The quantitative estimate of drug-likeness (QED) is 0.917. The first-order valence-corrected chi connectivity index (χ1v) is 8.34. The summed E-state index contributed by atoms with van der Waals surface area (Å²) in [4.78, 5) is 15.6. The lowest BCUT2D eigenvalue weighted by atomic mass is 10.1. The number of aryl methyl sites for hydroxylation is 1. The second-order valence-electron chi connectivity index (χ2n) is 4.69. The fraction of sp³-hybridized carbons (Fsp3) is 0.200. The number of carbonyl (C=O) groups excluding carboxylic acids is 1. The SMILES string of the molecule is CS(=O)(=O)c1ccc(NC(=O)CCc2ccccc2)cn1. The second kappa shape index (κ2) is 6.49. The Morgan fingerprint density at radius 2 is 1.86 bits per heavy atom. The van der Waals surface area contributed by atoms with E-state index in [9.17, 15) is 13.2 Å². The average Bonchev–Trinajstić information content (AvgIpc) is 2.46. The van der Waals surface area contributed by atoms with Gasteiger partial charge in [-0.3, -0.25) is 4.79 Å². The number of rotatable bonds is 5. The molecule has 0 aliphatic heterocycles. The maximum absolute atomic E-state index is 11.8. The van der Waals surface area contributed by atoms with Gasteiger partial charge in [0.15, 0.2) is 14.9 Å². The van der Waals surface area contributed by atoms with E-state index in [2.05, 4.69) is 10.3 Å². The summed E-state index contributed by atoms with van der Waals surface area (Å²) in [5.74, 6) is -0.132. The number of anilines is 1. The van der Waals surface area contributed by atoms with Crippen LogP contribution >= 0.6 is 0 Å². The molecule has 110 valence electrons. The predicted octanol–water partition coefficient (Wildman–Crippen LogP) is 2.06. The fourth-order valence-corrected chi connectivity index (χ4v) is 2.36. The van der Waals surface area contributed by atoms with Crippen LogP contribution in [0.5, 0.6) is 0 Å².